The summed E-state index contributed by atoms with van der Waals surface area (Å²) in [7, 11) is 0. The van der Waals surface area contributed by atoms with Crippen molar-refractivity contribution in [2.75, 3.05) is 5.73 Å². The predicted molar refractivity (Wildman–Crippen MR) is 44.4 cm³/mol. The van der Waals surface area contributed by atoms with Gasteiger partial charge in [0.25, 0.3) is 0 Å². The van der Waals surface area contributed by atoms with Gasteiger partial charge in [0.15, 0.2) is 0 Å². The molecule has 1 heterocycles. The van der Waals surface area contributed by atoms with E-state index in [0.29, 0.717) is 11.5 Å². The highest BCUT2D eigenvalue weighted by atomic mass is 32.1. The molecule has 0 amide bonds. The van der Waals surface area contributed by atoms with Crippen LogP contribution in [0.25, 0.3) is 0 Å². The van der Waals surface area contributed by atoms with Gasteiger partial charge in [0.05, 0.1) is 6.54 Å². The molecule has 0 saturated heterocycles. The number of hydrogen-bond acceptors (Lipinski definition) is 5. The SMILES string of the molecule is NNC(=S)Cn1cnc(N)n1. The molecule has 60 valence electrons. The van der Waals surface area contributed by atoms with Crippen LogP contribution in [0.15, 0.2) is 6.33 Å². The van der Waals surface area contributed by atoms with Crippen molar-refractivity contribution in [1.82, 2.24) is 20.2 Å². The summed E-state index contributed by atoms with van der Waals surface area (Å²) in [5, 5.41) is 3.80. The fourth-order valence-electron chi connectivity index (χ4n) is 0.578. The minimum atomic E-state index is 0.227. The van der Waals surface area contributed by atoms with Crippen LogP contribution in [0, 0.1) is 0 Å². The average Bonchev–Trinajstić information content (AvgIpc) is 2.35. The average molecular weight is 172 g/mol. The van der Waals surface area contributed by atoms with E-state index >= 15 is 0 Å². The maximum Gasteiger partial charge on any atom is 0.239 e. The van der Waals surface area contributed by atoms with Crippen molar-refractivity contribution < 1.29 is 0 Å². The van der Waals surface area contributed by atoms with E-state index in [2.05, 4.69) is 15.5 Å². The van der Waals surface area contributed by atoms with E-state index < -0.39 is 0 Å². The molecule has 0 radical (unpaired) electrons. The Morgan fingerprint density at radius 2 is 2.55 bits per heavy atom. The number of hydrazine groups is 1. The Kier molecular flexibility index (Phi) is 2.34. The molecule has 1 aromatic rings. The molecule has 6 nitrogen and oxygen atoms in total. The second-order valence-electron chi connectivity index (χ2n) is 1.87. The number of nitrogen functional groups attached to an aromatic ring is 1. The first-order valence-corrected chi connectivity index (χ1v) is 3.27. The Balaban J connectivity index is 2.57. The van der Waals surface area contributed by atoms with Crippen LogP contribution in [-0.2, 0) is 6.54 Å². The third-order valence-corrected chi connectivity index (χ3v) is 1.27. The van der Waals surface area contributed by atoms with Crippen LogP contribution in [-0.4, -0.2) is 19.8 Å². The summed E-state index contributed by atoms with van der Waals surface area (Å²) in [5.74, 6) is 5.27. The zero-order valence-corrected chi connectivity index (χ0v) is 6.51. The summed E-state index contributed by atoms with van der Waals surface area (Å²) >= 11 is 4.78. The van der Waals surface area contributed by atoms with Gasteiger partial charge in [-0.3, -0.25) is 0 Å². The Morgan fingerprint density at radius 3 is 3.00 bits per heavy atom. The van der Waals surface area contributed by atoms with Gasteiger partial charge in [-0.25, -0.2) is 15.5 Å². The Bertz CT molecular complexity index is 255. The van der Waals surface area contributed by atoms with Crippen molar-refractivity contribution in [3.8, 4) is 0 Å². The molecule has 1 rings (SSSR count). The second-order valence-corrected chi connectivity index (χ2v) is 2.36. The standard InChI is InChI=1S/C4H8N6S/c5-4-7-2-10(9-4)1-3(11)8-6/h2H,1,6H2,(H2,5,9)(H,8,11). The van der Waals surface area contributed by atoms with E-state index in [4.69, 9.17) is 23.8 Å². The molecule has 0 aliphatic carbocycles. The molecule has 11 heavy (non-hydrogen) atoms. The van der Waals surface area contributed by atoms with E-state index in [1.807, 2.05) is 0 Å². The minimum Gasteiger partial charge on any atom is -0.367 e. The van der Waals surface area contributed by atoms with Crippen LogP contribution in [0.3, 0.4) is 0 Å². The first kappa shape index (κ1) is 7.89. The van der Waals surface area contributed by atoms with Crippen LogP contribution in [0.4, 0.5) is 5.95 Å². The topological polar surface area (TPSA) is 94.8 Å². The molecule has 0 saturated carbocycles. The smallest absolute Gasteiger partial charge is 0.239 e. The van der Waals surface area contributed by atoms with Gasteiger partial charge in [0, 0.05) is 0 Å². The van der Waals surface area contributed by atoms with Crippen LogP contribution < -0.4 is 17.0 Å². The van der Waals surface area contributed by atoms with Gasteiger partial charge in [-0.05, 0) is 0 Å². The summed E-state index contributed by atoms with van der Waals surface area (Å²) in [6, 6.07) is 0. The third-order valence-electron chi connectivity index (χ3n) is 1.02. The lowest BCUT2D eigenvalue weighted by atomic mass is 10.6. The van der Waals surface area contributed by atoms with Crippen LogP contribution >= 0.6 is 12.2 Å². The molecule has 7 heteroatoms. The Hall–Kier alpha value is -1.21. The number of rotatable bonds is 2. The number of hydrogen-bond donors (Lipinski definition) is 3. The summed E-state index contributed by atoms with van der Waals surface area (Å²) in [6.07, 6.45) is 1.49. The molecule has 1 aromatic heterocycles. The Morgan fingerprint density at radius 1 is 1.82 bits per heavy atom. The van der Waals surface area contributed by atoms with Gasteiger partial charge in [-0.2, -0.15) is 0 Å². The molecule has 0 aliphatic heterocycles. The van der Waals surface area contributed by atoms with E-state index in [1.165, 1.54) is 11.0 Å². The minimum absolute atomic E-state index is 0.227. The maximum atomic E-state index is 5.26. The van der Waals surface area contributed by atoms with Crippen molar-refractivity contribution >= 4 is 23.2 Å². The van der Waals surface area contributed by atoms with Gasteiger partial charge in [-0.15, -0.1) is 5.10 Å². The van der Waals surface area contributed by atoms with E-state index in [0.717, 1.165) is 0 Å². The molecule has 0 aliphatic rings. The lowest BCUT2D eigenvalue weighted by Crippen LogP contribution is -2.31. The number of aromatic nitrogens is 3. The van der Waals surface area contributed by atoms with E-state index in [1.54, 1.807) is 0 Å². The molecule has 0 unspecified atom stereocenters. The summed E-state index contributed by atoms with van der Waals surface area (Å²) in [5.41, 5.74) is 7.58. The van der Waals surface area contributed by atoms with Gasteiger partial charge in [0.1, 0.15) is 11.3 Å². The fraction of sp³-hybridized carbons (Fsp3) is 0.250. The third kappa shape index (κ3) is 2.13. The molecule has 0 spiro atoms. The monoisotopic (exact) mass is 172 g/mol. The molecule has 0 aromatic carbocycles. The second kappa shape index (κ2) is 3.26. The highest BCUT2D eigenvalue weighted by molar-refractivity contribution is 7.80. The fourth-order valence-corrected chi connectivity index (χ4v) is 0.710. The zero-order valence-electron chi connectivity index (χ0n) is 5.69. The number of nitrogens with zero attached hydrogens (tertiary/aromatic N) is 3. The molecular formula is C4H8N6S. The van der Waals surface area contributed by atoms with Crippen molar-refractivity contribution in [1.29, 1.82) is 0 Å². The van der Waals surface area contributed by atoms with Crippen molar-refractivity contribution in [2.24, 2.45) is 5.84 Å². The predicted octanol–water partition coefficient (Wildman–Crippen LogP) is -1.35. The van der Waals surface area contributed by atoms with Crippen molar-refractivity contribution in [3.63, 3.8) is 0 Å². The number of anilines is 1. The number of nitrogens with two attached hydrogens (primary N) is 2. The van der Waals surface area contributed by atoms with Gasteiger partial charge in [0.2, 0.25) is 5.95 Å². The highest BCUT2D eigenvalue weighted by Crippen LogP contribution is 1.88. The maximum absolute atomic E-state index is 5.26. The summed E-state index contributed by atoms with van der Waals surface area (Å²) in [4.78, 5) is 4.19. The van der Waals surface area contributed by atoms with Gasteiger partial charge >= 0.3 is 0 Å². The van der Waals surface area contributed by atoms with Crippen LogP contribution in [0.2, 0.25) is 0 Å². The Labute approximate surface area is 68.5 Å². The molecule has 5 N–H and O–H groups in total. The first-order valence-electron chi connectivity index (χ1n) is 2.86. The largest absolute Gasteiger partial charge is 0.367 e. The molecule has 0 atom stereocenters. The van der Waals surface area contributed by atoms with Gasteiger partial charge in [-0.1, -0.05) is 12.2 Å². The molecule has 0 fully saturated rings. The van der Waals surface area contributed by atoms with Crippen LogP contribution in [0.1, 0.15) is 0 Å². The highest BCUT2D eigenvalue weighted by Gasteiger charge is 1.97. The van der Waals surface area contributed by atoms with E-state index in [-0.39, 0.29) is 5.95 Å². The lowest BCUT2D eigenvalue weighted by molar-refractivity contribution is 0.714. The van der Waals surface area contributed by atoms with Crippen molar-refractivity contribution in [3.05, 3.63) is 6.33 Å². The molecular weight excluding hydrogens is 164 g/mol. The van der Waals surface area contributed by atoms with Gasteiger partial charge < -0.3 is 11.2 Å². The van der Waals surface area contributed by atoms with E-state index in [9.17, 15) is 0 Å². The quantitative estimate of drug-likeness (QED) is 0.290. The number of nitrogens with one attached hydrogen (secondary N) is 1. The lowest BCUT2D eigenvalue weighted by Gasteiger charge is -1.99. The van der Waals surface area contributed by atoms with Crippen LogP contribution in [0.5, 0.6) is 0 Å². The zero-order chi connectivity index (χ0) is 8.27. The van der Waals surface area contributed by atoms with Crippen molar-refractivity contribution in [2.45, 2.75) is 6.54 Å². The first-order chi connectivity index (χ1) is 5.22. The molecule has 0 bridgehead atoms. The number of thiocarbonyl (C=S) groups is 1. The summed E-state index contributed by atoms with van der Waals surface area (Å²) in [6.45, 7) is 0.399. The normalized spacial score (nSPS) is 9.55. The summed E-state index contributed by atoms with van der Waals surface area (Å²) < 4.78 is 1.50.